The van der Waals surface area contributed by atoms with Crippen molar-refractivity contribution >= 4 is 34.4 Å². The summed E-state index contributed by atoms with van der Waals surface area (Å²) in [5.41, 5.74) is 0.733. The number of ether oxygens (including phenoxy) is 1. The summed E-state index contributed by atoms with van der Waals surface area (Å²) >= 11 is 5.58. The summed E-state index contributed by atoms with van der Waals surface area (Å²) in [7, 11) is 1.22. The molecule has 0 aliphatic carbocycles. The van der Waals surface area contributed by atoms with E-state index in [0.29, 0.717) is 16.5 Å². The Bertz CT molecular complexity index is 1140. The number of esters is 1. The Morgan fingerprint density at radius 1 is 1.17 bits per heavy atom. The number of benzene rings is 2. The molecule has 0 fully saturated rings. The van der Waals surface area contributed by atoms with E-state index in [4.69, 9.17) is 11.6 Å². The first-order chi connectivity index (χ1) is 14.0. The number of hydrogen-bond donors (Lipinski definition) is 2. The second kappa shape index (κ2) is 7.98. The Morgan fingerprint density at radius 3 is 2.47 bits per heavy atom. The van der Waals surface area contributed by atoms with Gasteiger partial charge >= 0.3 is 12.1 Å². The minimum absolute atomic E-state index is 0.145. The first-order valence-corrected chi connectivity index (χ1v) is 8.93. The molecular formula is C20H15ClF4N2O3. The number of halogens is 5. The van der Waals surface area contributed by atoms with Gasteiger partial charge in [-0.25, -0.2) is 9.18 Å². The van der Waals surface area contributed by atoms with Crippen LogP contribution >= 0.6 is 11.6 Å². The number of aromatic nitrogens is 1. The van der Waals surface area contributed by atoms with Crippen LogP contribution in [-0.2, 0) is 4.74 Å². The van der Waals surface area contributed by atoms with Gasteiger partial charge in [-0.2, -0.15) is 13.2 Å². The third-order valence-electron chi connectivity index (χ3n) is 4.50. The number of rotatable bonds is 4. The predicted molar refractivity (Wildman–Crippen MR) is 102 cm³/mol. The molecule has 5 nitrogen and oxygen atoms in total. The van der Waals surface area contributed by atoms with Gasteiger partial charge in [0, 0.05) is 10.9 Å². The van der Waals surface area contributed by atoms with E-state index in [1.54, 1.807) is 13.0 Å². The van der Waals surface area contributed by atoms with E-state index >= 15 is 0 Å². The smallest absolute Gasteiger partial charge is 0.412 e. The van der Waals surface area contributed by atoms with Crippen LogP contribution in [0.15, 0.2) is 36.4 Å². The molecule has 0 bridgehead atoms. The predicted octanol–water partition coefficient (Wildman–Crippen LogP) is 5.09. The van der Waals surface area contributed by atoms with E-state index in [1.165, 1.54) is 19.2 Å². The van der Waals surface area contributed by atoms with E-state index in [2.05, 4.69) is 9.72 Å². The lowest BCUT2D eigenvalue weighted by Crippen LogP contribution is -2.38. The van der Waals surface area contributed by atoms with Gasteiger partial charge in [-0.1, -0.05) is 17.7 Å². The summed E-state index contributed by atoms with van der Waals surface area (Å²) in [6.45, 7) is 1.66. The normalized spacial score (nSPS) is 12.6. The van der Waals surface area contributed by atoms with Crippen molar-refractivity contribution in [1.82, 2.24) is 10.3 Å². The molecule has 0 aliphatic rings. The maximum atomic E-state index is 13.5. The second-order valence-corrected chi connectivity index (χ2v) is 6.96. The molecule has 1 atom stereocenters. The Kier molecular flexibility index (Phi) is 5.76. The molecule has 30 heavy (non-hydrogen) atoms. The van der Waals surface area contributed by atoms with Crippen molar-refractivity contribution < 1.29 is 31.9 Å². The Hall–Kier alpha value is -3.07. The number of aryl methyl sites for hydroxylation is 1. The van der Waals surface area contributed by atoms with Crippen LogP contribution in [0.4, 0.5) is 17.6 Å². The molecule has 3 rings (SSSR count). The third-order valence-corrected chi connectivity index (χ3v) is 4.79. The Balaban J connectivity index is 1.95. The van der Waals surface area contributed by atoms with Crippen LogP contribution in [0.5, 0.6) is 0 Å². The first kappa shape index (κ1) is 21.6. The molecule has 0 radical (unpaired) electrons. The molecule has 0 aliphatic heterocycles. The molecule has 10 heteroatoms. The molecule has 0 saturated carbocycles. The van der Waals surface area contributed by atoms with E-state index in [9.17, 15) is 27.2 Å². The minimum atomic E-state index is -4.85. The maximum absolute atomic E-state index is 13.5. The van der Waals surface area contributed by atoms with Crippen molar-refractivity contribution in [3.8, 4) is 0 Å². The van der Waals surface area contributed by atoms with E-state index in [-0.39, 0.29) is 11.3 Å². The second-order valence-electron chi connectivity index (χ2n) is 6.55. The number of nitrogens with one attached hydrogen (secondary N) is 2. The lowest BCUT2D eigenvalue weighted by atomic mass is 10.1. The van der Waals surface area contributed by atoms with E-state index < -0.39 is 40.5 Å². The third kappa shape index (κ3) is 4.25. The molecule has 0 saturated heterocycles. The number of alkyl halides is 3. The highest BCUT2D eigenvalue weighted by Gasteiger charge is 2.42. The van der Waals surface area contributed by atoms with Crippen molar-refractivity contribution in [1.29, 1.82) is 0 Å². The molecule has 2 N–H and O–H groups in total. The molecular weight excluding hydrogens is 428 g/mol. The fourth-order valence-corrected chi connectivity index (χ4v) is 3.19. The molecule has 1 aromatic heterocycles. The summed E-state index contributed by atoms with van der Waals surface area (Å²) in [4.78, 5) is 27.1. The number of H-pyrrole nitrogens is 1. The molecule has 1 amide bonds. The van der Waals surface area contributed by atoms with Gasteiger partial charge in [0.05, 0.1) is 17.7 Å². The lowest BCUT2D eigenvalue weighted by Gasteiger charge is -2.22. The summed E-state index contributed by atoms with van der Waals surface area (Å²) in [5.74, 6) is -2.49. The van der Waals surface area contributed by atoms with Crippen molar-refractivity contribution in [3.63, 3.8) is 0 Å². The zero-order chi connectivity index (χ0) is 22.2. The number of carbonyl (C=O) groups is 2. The quantitative estimate of drug-likeness (QED) is 0.437. The largest absolute Gasteiger partial charge is 0.465 e. The Labute approximate surface area is 173 Å². The average molecular weight is 443 g/mol. The standard InChI is InChI=1S/C20H15ClF4N2O3/c1-9-5-15-11(6-12(9)19(29)30-2)8-16(26-15)18(28)27-17(20(23,24)25)10-3-4-14(22)13(21)7-10/h3-8,17,26H,1-2H3,(H,27,28). The monoisotopic (exact) mass is 442 g/mol. The van der Waals surface area contributed by atoms with Gasteiger partial charge in [0.2, 0.25) is 0 Å². The van der Waals surface area contributed by atoms with Crippen molar-refractivity contribution in [2.45, 2.75) is 19.1 Å². The van der Waals surface area contributed by atoms with Gasteiger partial charge in [-0.3, -0.25) is 4.79 Å². The van der Waals surface area contributed by atoms with Crippen molar-refractivity contribution in [2.24, 2.45) is 0 Å². The fourth-order valence-electron chi connectivity index (χ4n) is 3.00. The molecule has 158 valence electrons. The molecule has 2 aromatic carbocycles. The van der Waals surface area contributed by atoms with Gasteiger partial charge in [-0.15, -0.1) is 0 Å². The topological polar surface area (TPSA) is 71.2 Å². The molecule has 0 spiro atoms. The van der Waals surface area contributed by atoms with Gasteiger partial charge < -0.3 is 15.0 Å². The van der Waals surface area contributed by atoms with Crippen molar-refractivity contribution in [2.75, 3.05) is 7.11 Å². The number of methoxy groups -OCH3 is 1. The SMILES string of the molecule is COC(=O)c1cc2cc(C(=O)NC(c3ccc(F)c(Cl)c3)C(F)(F)F)[nH]c2cc1C. The highest BCUT2D eigenvalue weighted by atomic mass is 35.5. The van der Waals surface area contributed by atoms with Crippen LogP contribution in [-0.4, -0.2) is 30.1 Å². The summed E-state index contributed by atoms with van der Waals surface area (Å²) in [5, 5.41) is 1.84. The lowest BCUT2D eigenvalue weighted by molar-refractivity contribution is -0.155. The van der Waals surface area contributed by atoms with Gasteiger partial charge in [0.25, 0.3) is 5.91 Å². The summed E-state index contributed by atoms with van der Waals surface area (Å²) < 4.78 is 58.6. The van der Waals surface area contributed by atoms with Crippen LogP contribution in [0, 0.1) is 12.7 Å². The van der Waals surface area contributed by atoms with E-state index in [1.807, 2.05) is 5.32 Å². The van der Waals surface area contributed by atoms with Crippen LogP contribution in [0.2, 0.25) is 5.02 Å². The fraction of sp³-hybridized carbons (Fsp3) is 0.200. The average Bonchev–Trinajstić information content (AvgIpc) is 3.09. The zero-order valence-electron chi connectivity index (χ0n) is 15.7. The van der Waals surface area contributed by atoms with Crippen molar-refractivity contribution in [3.05, 3.63) is 69.6 Å². The number of fused-ring (bicyclic) bond motifs is 1. The maximum Gasteiger partial charge on any atom is 0.412 e. The zero-order valence-corrected chi connectivity index (χ0v) is 16.4. The molecule has 1 heterocycles. The van der Waals surface area contributed by atoms with Crippen LogP contribution < -0.4 is 5.32 Å². The highest BCUT2D eigenvalue weighted by molar-refractivity contribution is 6.30. The summed E-state index contributed by atoms with van der Waals surface area (Å²) in [6, 6.07) is 4.49. The van der Waals surface area contributed by atoms with Gasteiger partial charge in [-0.05, 0) is 48.4 Å². The number of amides is 1. The Morgan fingerprint density at radius 2 is 1.87 bits per heavy atom. The number of carbonyl (C=O) groups excluding carboxylic acids is 2. The number of aromatic amines is 1. The minimum Gasteiger partial charge on any atom is -0.465 e. The highest BCUT2D eigenvalue weighted by Crippen LogP contribution is 2.34. The first-order valence-electron chi connectivity index (χ1n) is 8.55. The van der Waals surface area contributed by atoms with Crippen LogP contribution in [0.3, 0.4) is 0 Å². The van der Waals surface area contributed by atoms with E-state index in [0.717, 1.165) is 18.2 Å². The van der Waals surface area contributed by atoms with Gasteiger partial charge in [0.1, 0.15) is 11.5 Å². The summed E-state index contributed by atoms with van der Waals surface area (Å²) in [6.07, 6.45) is -4.85. The molecule has 3 aromatic rings. The number of hydrogen-bond acceptors (Lipinski definition) is 3. The van der Waals surface area contributed by atoms with Crippen LogP contribution in [0.25, 0.3) is 10.9 Å². The van der Waals surface area contributed by atoms with Crippen LogP contribution in [0.1, 0.15) is 38.0 Å². The molecule has 1 unspecified atom stereocenters. The van der Waals surface area contributed by atoms with Gasteiger partial charge in [0.15, 0.2) is 6.04 Å².